The van der Waals surface area contributed by atoms with Crippen molar-refractivity contribution in [1.82, 2.24) is 0 Å². The van der Waals surface area contributed by atoms with Gasteiger partial charge in [-0.2, -0.15) is 0 Å². The molecule has 0 bridgehead atoms. The molecule has 0 rings (SSSR count). The molecule has 0 heterocycles. The van der Waals surface area contributed by atoms with E-state index in [0.717, 1.165) is 0 Å². The molecule has 0 fully saturated rings. The van der Waals surface area contributed by atoms with Crippen LogP contribution < -0.4 is 0 Å². The Morgan fingerprint density at radius 1 is 1.67 bits per heavy atom. The molecule has 0 saturated heterocycles. The minimum Gasteiger partial charge on any atom is -1.00 e. The first-order valence-electron chi connectivity index (χ1n) is 0.783. The molecule has 2 nitrogen and oxygen atoms in total. The Balaban J connectivity index is -0.0000000267. The predicted molar refractivity (Wildman–Crippen MR) is 35.7 cm³/mol. The molecule has 0 aromatic heterocycles. The minimum absolute atomic E-state index is 0. The normalized spacial score (nSPS) is 9.83. The number of thiol groups is 1. The van der Waals surface area contributed by atoms with Crippen molar-refractivity contribution in [3.8, 4) is 0 Å². The van der Waals surface area contributed by atoms with Gasteiger partial charge in [0.2, 0.25) is 5.69 Å². The second-order valence-electron chi connectivity index (χ2n) is 0.513. The molecule has 0 aliphatic carbocycles. The van der Waals surface area contributed by atoms with Gasteiger partial charge in [-0.3, -0.25) is 0 Å². The number of hydrogen-bond donors (Lipinski definition) is 3. The second-order valence-corrected chi connectivity index (χ2v) is 5.55. The largest absolute Gasteiger partial charge is 2.00 e. The standard InChI is InChI=1S/Ba.H3O2PS2.2H/c;1-3(2,4)5;;/h;(H3,1,2,4,5);;/q+2;;2*-1. The van der Waals surface area contributed by atoms with Crippen molar-refractivity contribution in [3.63, 3.8) is 0 Å². The van der Waals surface area contributed by atoms with Crippen molar-refractivity contribution in [2.75, 3.05) is 0 Å². The SMILES string of the molecule is OP(O)(=S)S.[Ba+2].[H-].[H-]. The summed E-state index contributed by atoms with van der Waals surface area (Å²) in [5.41, 5.74) is -3.11. The Kier molecular flexibility index (Phi) is 8.25. The zero-order valence-electron chi connectivity index (χ0n) is 4.90. The molecular weight excluding hydrogens is 264 g/mol. The average Bonchev–Trinajstić information content (AvgIpc) is 0.722. The molecule has 0 aliphatic rings. The molecule has 0 saturated carbocycles. The van der Waals surface area contributed by atoms with Crippen LogP contribution >= 0.6 is 17.9 Å². The van der Waals surface area contributed by atoms with Crippen LogP contribution in [0.25, 0.3) is 0 Å². The smallest absolute Gasteiger partial charge is 1.00 e. The van der Waals surface area contributed by atoms with Gasteiger partial charge in [-0.1, -0.05) is 12.2 Å². The minimum atomic E-state index is -3.11. The van der Waals surface area contributed by atoms with Gasteiger partial charge < -0.3 is 12.6 Å². The molecule has 0 atom stereocenters. The summed E-state index contributed by atoms with van der Waals surface area (Å²) < 4.78 is 0. The number of hydrogen-bond acceptors (Lipinski definition) is 1. The molecule has 0 radical (unpaired) electrons. The van der Waals surface area contributed by atoms with E-state index in [9.17, 15) is 0 Å². The van der Waals surface area contributed by atoms with Gasteiger partial charge in [-0.25, -0.2) is 0 Å². The van der Waals surface area contributed by atoms with Crippen LogP contribution in [0.4, 0.5) is 0 Å². The van der Waals surface area contributed by atoms with Gasteiger partial charge in [0.05, 0.1) is 0 Å². The van der Waals surface area contributed by atoms with E-state index >= 15 is 0 Å². The predicted octanol–water partition coefficient (Wildman–Crippen LogP) is -0.0305. The van der Waals surface area contributed by atoms with E-state index < -0.39 is 5.69 Å². The fraction of sp³-hybridized carbons (Fsp3) is 0. The summed E-state index contributed by atoms with van der Waals surface area (Å²) in [6.07, 6.45) is 0. The topological polar surface area (TPSA) is 40.5 Å². The van der Waals surface area contributed by atoms with Gasteiger partial charge in [0.15, 0.2) is 0 Å². The summed E-state index contributed by atoms with van der Waals surface area (Å²) in [6, 6.07) is 0. The van der Waals surface area contributed by atoms with Crippen molar-refractivity contribution in [2.24, 2.45) is 0 Å². The van der Waals surface area contributed by atoms with Gasteiger partial charge in [-0.15, -0.1) is 0 Å². The van der Waals surface area contributed by atoms with E-state index in [1.165, 1.54) is 0 Å². The molecule has 6 heteroatoms. The zero-order chi connectivity index (χ0) is 4.50. The molecule has 36 valence electrons. The first-order chi connectivity index (χ1) is 2.00. The maximum atomic E-state index is 7.87. The van der Waals surface area contributed by atoms with Gasteiger partial charge in [0.1, 0.15) is 0 Å². The summed E-state index contributed by atoms with van der Waals surface area (Å²) in [6.45, 7) is 0. The molecule has 6 heavy (non-hydrogen) atoms. The summed E-state index contributed by atoms with van der Waals surface area (Å²) >= 11 is 7.07. The third-order valence-corrected chi connectivity index (χ3v) is 0. The molecule has 0 amide bonds. The van der Waals surface area contributed by atoms with Crippen LogP contribution in [0.3, 0.4) is 0 Å². The van der Waals surface area contributed by atoms with Gasteiger partial charge >= 0.3 is 48.9 Å². The third kappa shape index (κ3) is 31.5. The Bertz CT molecular complexity index is 64.2. The number of rotatable bonds is 0. The van der Waals surface area contributed by atoms with E-state index in [1.807, 2.05) is 0 Å². The van der Waals surface area contributed by atoms with E-state index in [0.29, 0.717) is 0 Å². The van der Waals surface area contributed by atoms with Crippen LogP contribution in [-0.2, 0) is 11.8 Å². The first-order valence-corrected chi connectivity index (χ1v) is 4.64. The van der Waals surface area contributed by atoms with E-state index in [1.54, 1.807) is 0 Å². The summed E-state index contributed by atoms with van der Waals surface area (Å²) in [7, 11) is 0. The van der Waals surface area contributed by atoms with Crippen LogP contribution in [0, 0.1) is 0 Å². The molecule has 0 unspecified atom stereocenters. The molecule has 2 N–H and O–H groups in total. The first kappa shape index (κ1) is 11.3. The summed E-state index contributed by atoms with van der Waals surface area (Å²) in [4.78, 5) is 15.7. The Morgan fingerprint density at radius 3 is 1.67 bits per heavy atom. The average molecular weight is 269 g/mol. The van der Waals surface area contributed by atoms with Crippen molar-refractivity contribution >= 4 is 78.6 Å². The quantitative estimate of drug-likeness (QED) is 0.329. The van der Waals surface area contributed by atoms with Gasteiger partial charge in [0.25, 0.3) is 0 Å². The van der Waals surface area contributed by atoms with Crippen molar-refractivity contribution in [2.45, 2.75) is 0 Å². The fourth-order valence-electron chi connectivity index (χ4n) is 0. The van der Waals surface area contributed by atoms with Crippen LogP contribution in [0.5, 0.6) is 0 Å². The van der Waals surface area contributed by atoms with Crippen molar-refractivity contribution in [1.29, 1.82) is 0 Å². The zero-order valence-corrected chi connectivity index (χ0v) is 9.95. The van der Waals surface area contributed by atoms with Gasteiger partial charge in [0, 0.05) is 0 Å². The Morgan fingerprint density at radius 2 is 1.67 bits per heavy atom. The monoisotopic (exact) mass is 270 g/mol. The third-order valence-electron chi connectivity index (χ3n) is 0. The Hall–Kier alpha value is 2.49. The van der Waals surface area contributed by atoms with E-state index in [-0.39, 0.29) is 51.7 Å². The van der Waals surface area contributed by atoms with E-state index in [4.69, 9.17) is 9.79 Å². The van der Waals surface area contributed by atoms with Crippen LogP contribution in [0.1, 0.15) is 2.85 Å². The summed E-state index contributed by atoms with van der Waals surface area (Å²) in [5.74, 6) is 0. The van der Waals surface area contributed by atoms with Crippen molar-refractivity contribution < 1.29 is 12.6 Å². The molecule has 0 spiro atoms. The second kappa shape index (κ2) is 4.38. The van der Waals surface area contributed by atoms with Crippen LogP contribution in [0.15, 0.2) is 0 Å². The van der Waals surface area contributed by atoms with Crippen molar-refractivity contribution in [3.05, 3.63) is 0 Å². The fourth-order valence-corrected chi connectivity index (χ4v) is 0. The molecule has 0 aromatic carbocycles. The molecule has 0 aliphatic heterocycles. The van der Waals surface area contributed by atoms with Gasteiger partial charge in [-0.05, 0) is 11.8 Å². The van der Waals surface area contributed by atoms with E-state index in [2.05, 4.69) is 24.1 Å². The molecule has 0 aromatic rings. The maximum absolute atomic E-state index is 7.87. The van der Waals surface area contributed by atoms with Crippen LogP contribution in [0.2, 0.25) is 0 Å². The maximum Gasteiger partial charge on any atom is 2.00 e. The summed E-state index contributed by atoms with van der Waals surface area (Å²) in [5, 5.41) is 0. The molecular formula is H5BaO2PS2. The van der Waals surface area contributed by atoms with Crippen LogP contribution in [-0.4, -0.2) is 58.7 Å². The Labute approximate surface area is 89.7 Å².